The van der Waals surface area contributed by atoms with Gasteiger partial charge in [-0.15, -0.1) is 0 Å². The van der Waals surface area contributed by atoms with Crippen molar-refractivity contribution in [1.82, 2.24) is 14.5 Å². The number of likely N-dealkylation sites (tertiary alicyclic amines) is 1. The van der Waals surface area contributed by atoms with Crippen LogP contribution in [0.1, 0.15) is 41.6 Å². The van der Waals surface area contributed by atoms with Gasteiger partial charge in [-0.2, -0.15) is 0 Å². The minimum atomic E-state index is -0.308. The molecule has 0 aliphatic carbocycles. The molecule has 140 valence electrons. The van der Waals surface area contributed by atoms with Gasteiger partial charge in [0.2, 0.25) is 0 Å². The smallest absolute Gasteiger partial charge is 0.338 e. The molecule has 2 heterocycles. The van der Waals surface area contributed by atoms with Gasteiger partial charge in [0.05, 0.1) is 23.2 Å². The number of fused-ring (bicyclic) bond motifs is 1. The fourth-order valence-corrected chi connectivity index (χ4v) is 3.93. The zero-order chi connectivity index (χ0) is 18.8. The molecule has 0 N–H and O–H groups in total. The zero-order valence-electron chi connectivity index (χ0n) is 15.9. The molecule has 0 bridgehead atoms. The lowest BCUT2D eigenvalue weighted by Gasteiger charge is -2.30. The second-order valence-electron chi connectivity index (χ2n) is 7.23. The summed E-state index contributed by atoms with van der Waals surface area (Å²) >= 11 is 0. The van der Waals surface area contributed by atoms with Crippen molar-refractivity contribution in [2.75, 3.05) is 26.7 Å². The number of rotatable bonds is 4. The first-order chi connectivity index (χ1) is 13.2. The Balaban J connectivity index is 1.66. The van der Waals surface area contributed by atoms with Gasteiger partial charge >= 0.3 is 5.97 Å². The van der Waals surface area contributed by atoms with E-state index >= 15 is 0 Å². The van der Waals surface area contributed by atoms with Crippen LogP contribution in [0.15, 0.2) is 48.8 Å². The molecule has 27 heavy (non-hydrogen) atoms. The van der Waals surface area contributed by atoms with Crippen molar-refractivity contribution in [3.8, 4) is 5.69 Å². The number of carbonyl (C=O) groups is 1. The summed E-state index contributed by atoms with van der Waals surface area (Å²) < 4.78 is 7.17. The van der Waals surface area contributed by atoms with Gasteiger partial charge in [0.1, 0.15) is 6.33 Å². The van der Waals surface area contributed by atoms with Crippen molar-refractivity contribution >= 4 is 17.0 Å². The van der Waals surface area contributed by atoms with E-state index in [1.54, 1.807) is 12.1 Å². The Morgan fingerprint density at radius 1 is 1.26 bits per heavy atom. The van der Waals surface area contributed by atoms with Crippen LogP contribution in [0.5, 0.6) is 0 Å². The number of esters is 1. The average Bonchev–Trinajstić information content (AvgIpc) is 3.11. The van der Waals surface area contributed by atoms with Gasteiger partial charge in [0.15, 0.2) is 0 Å². The number of hydrogen-bond acceptors (Lipinski definition) is 4. The van der Waals surface area contributed by atoms with E-state index in [1.807, 2.05) is 19.3 Å². The van der Waals surface area contributed by atoms with Crippen LogP contribution in [-0.4, -0.2) is 47.2 Å². The summed E-state index contributed by atoms with van der Waals surface area (Å²) in [4.78, 5) is 18.9. The van der Waals surface area contributed by atoms with E-state index in [2.05, 4.69) is 45.8 Å². The predicted molar refractivity (Wildman–Crippen MR) is 106 cm³/mol. The van der Waals surface area contributed by atoms with Crippen molar-refractivity contribution in [1.29, 1.82) is 0 Å². The highest BCUT2D eigenvalue weighted by Crippen LogP contribution is 2.28. The fraction of sp³-hybridized carbons (Fsp3) is 0.364. The largest absolute Gasteiger partial charge is 0.462 e. The first-order valence-electron chi connectivity index (χ1n) is 9.59. The molecule has 0 saturated carbocycles. The van der Waals surface area contributed by atoms with Crippen molar-refractivity contribution in [2.24, 2.45) is 0 Å². The summed E-state index contributed by atoms with van der Waals surface area (Å²) in [7, 11) is 2.19. The molecule has 1 unspecified atom stereocenters. The third kappa shape index (κ3) is 3.60. The lowest BCUT2D eigenvalue weighted by atomic mass is 9.90. The molecule has 4 rings (SSSR count). The average molecular weight is 363 g/mol. The molecular formula is C22H25N3O2. The van der Waals surface area contributed by atoms with E-state index < -0.39 is 0 Å². The highest BCUT2D eigenvalue weighted by Gasteiger charge is 2.19. The molecule has 5 nitrogen and oxygen atoms in total. The number of likely N-dealkylation sites (N-methyl/N-ethyl adjacent to an activating group) is 1. The maximum atomic E-state index is 12.0. The Morgan fingerprint density at radius 3 is 2.96 bits per heavy atom. The maximum absolute atomic E-state index is 12.0. The fourth-order valence-electron chi connectivity index (χ4n) is 3.93. The second kappa shape index (κ2) is 7.53. The normalized spacial score (nSPS) is 17.9. The quantitative estimate of drug-likeness (QED) is 0.657. The number of imidazole rings is 1. The maximum Gasteiger partial charge on any atom is 0.338 e. The third-order valence-electron chi connectivity index (χ3n) is 5.30. The molecular weight excluding hydrogens is 338 g/mol. The van der Waals surface area contributed by atoms with Crippen LogP contribution in [0.4, 0.5) is 0 Å². The van der Waals surface area contributed by atoms with Crippen molar-refractivity contribution < 1.29 is 9.53 Å². The SMILES string of the molecule is CCOC(=O)c1ccc2c(c1)ncn2-c1cccc(C2CCCN(C)C2)c1. The van der Waals surface area contributed by atoms with Crippen LogP contribution >= 0.6 is 0 Å². The third-order valence-corrected chi connectivity index (χ3v) is 5.30. The van der Waals surface area contributed by atoms with Crippen LogP contribution in [0.2, 0.25) is 0 Å². The number of aromatic nitrogens is 2. The standard InChI is InChI=1S/C22H25N3O2/c1-3-27-22(26)17-9-10-21-20(13-17)23-15-25(21)19-8-4-6-16(12-19)18-7-5-11-24(2)14-18/h4,6,8-10,12-13,15,18H,3,5,7,11,14H2,1-2H3. The Bertz CT molecular complexity index is 963. The van der Waals surface area contributed by atoms with Crippen LogP contribution in [0.25, 0.3) is 16.7 Å². The molecule has 1 saturated heterocycles. The van der Waals surface area contributed by atoms with E-state index in [1.165, 1.54) is 24.9 Å². The van der Waals surface area contributed by atoms with E-state index in [4.69, 9.17) is 4.74 Å². The number of hydrogen-bond donors (Lipinski definition) is 0. The molecule has 0 spiro atoms. The highest BCUT2D eigenvalue weighted by atomic mass is 16.5. The van der Waals surface area contributed by atoms with E-state index in [0.29, 0.717) is 18.1 Å². The topological polar surface area (TPSA) is 47.4 Å². The van der Waals surface area contributed by atoms with Gasteiger partial charge in [0.25, 0.3) is 0 Å². The molecule has 0 radical (unpaired) electrons. The molecule has 1 aromatic heterocycles. The van der Waals surface area contributed by atoms with Crippen LogP contribution < -0.4 is 0 Å². The van der Waals surface area contributed by atoms with Crippen molar-refractivity contribution in [2.45, 2.75) is 25.7 Å². The highest BCUT2D eigenvalue weighted by molar-refractivity contribution is 5.94. The number of carbonyl (C=O) groups excluding carboxylic acids is 1. The van der Waals surface area contributed by atoms with Crippen molar-refractivity contribution in [3.63, 3.8) is 0 Å². The van der Waals surface area contributed by atoms with Crippen molar-refractivity contribution in [3.05, 3.63) is 59.9 Å². The lowest BCUT2D eigenvalue weighted by molar-refractivity contribution is 0.0526. The molecule has 1 atom stereocenters. The summed E-state index contributed by atoms with van der Waals surface area (Å²) in [5, 5.41) is 0. The van der Waals surface area contributed by atoms with Crippen LogP contribution in [0, 0.1) is 0 Å². The molecule has 2 aromatic carbocycles. The summed E-state index contributed by atoms with van der Waals surface area (Å²) in [6, 6.07) is 14.3. The first kappa shape index (κ1) is 17.7. The molecule has 1 aliphatic heterocycles. The van der Waals surface area contributed by atoms with Gasteiger partial charge in [-0.25, -0.2) is 9.78 Å². The van der Waals surface area contributed by atoms with Crippen LogP contribution in [0.3, 0.4) is 0 Å². The number of ether oxygens (including phenoxy) is 1. The number of nitrogens with zero attached hydrogens (tertiary/aromatic N) is 3. The monoisotopic (exact) mass is 363 g/mol. The Labute approximate surface area is 159 Å². The molecule has 1 aliphatic rings. The minimum Gasteiger partial charge on any atom is -0.462 e. The predicted octanol–water partition coefficient (Wildman–Crippen LogP) is 4.01. The van der Waals surface area contributed by atoms with Crippen LogP contribution in [-0.2, 0) is 4.74 Å². The van der Waals surface area contributed by atoms with Gasteiger partial charge in [0, 0.05) is 12.2 Å². The number of piperidine rings is 1. The zero-order valence-corrected chi connectivity index (χ0v) is 15.9. The summed E-state index contributed by atoms with van der Waals surface area (Å²) in [6.45, 7) is 4.47. The van der Waals surface area contributed by atoms with E-state index in [-0.39, 0.29) is 5.97 Å². The summed E-state index contributed by atoms with van der Waals surface area (Å²) in [5.41, 5.74) is 4.80. The molecule has 0 amide bonds. The summed E-state index contributed by atoms with van der Waals surface area (Å²) in [5.74, 6) is 0.270. The second-order valence-corrected chi connectivity index (χ2v) is 7.23. The summed E-state index contributed by atoms with van der Waals surface area (Å²) in [6.07, 6.45) is 4.31. The Kier molecular flexibility index (Phi) is 4.94. The van der Waals surface area contributed by atoms with Gasteiger partial charge < -0.3 is 9.64 Å². The number of benzene rings is 2. The van der Waals surface area contributed by atoms with Gasteiger partial charge in [-0.05, 0) is 75.2 Å². The lowest BCUT2D eigenvalue weighted by Crippen LogP contribution is -2.30. The molecule has 5 heteroatoms. The van der Waals surface area contributed by atoms with Gasteiger partial charge in [-0.3, -0.25) is 4.57 Å². The molecule has 3 aromatic rings. The Hall–Kier alpha value is -2.66. The van der Waals surface area contributed by atoms with E-state index in [0.717, 1.165) is 23.3 Å². The molecule has 1 fully saturated rings. The van der Waals surface area contributed by atoms with E-state index in [9.17, 15) is 4.79 Å². The Morgan fingerprint density at radius 2 is 2.15 bits per heavy atom. The minimum absolute atomic E-state index is 0.308. The first-order valence-corrected chi connectivity index (χ1v) is 9.59. The van der Waals surface area contributed by atoms with Gasteiger partial charge in [-0.1, -0.05) is 12.1 Å².